The van der Waals surface area contributed by atoms with Crippen LogP contribution >= 0.6 is 0 Å². The number of rotatable bonds is 7. The molecule has 3 aromatic rings. The van der Waals surface area contributed by atoms with E-state index in [4.69, 9.17) is 10.5 Å². The number of fused-ring (bicyclic) bond motifs is 1. The predicted octanol–water partition coefficient (Wildman–Crippen LogP) is 3.31. The van der Waals surface area contributed by atoms with Crippen molar-refractivity contribution < 1.29 is 19.0 Å². The molecule has 164 valence electrons. The lowest BCUT2D eigenvalue weighted by Crippen LogP contribution is -2.46. The Labute approximate surface area is 179 Å². The van der Waals surface area contributed by atoms with E-state index < -0.39 is 11.9 Å². The number of hydrogen-bond donors (Lipinski definition) is 4. The molecule has 0 unspecified atom stereocenters. The molecular weight excluding hydrogens is 399 g/mol. The first kappa shape index (κ1) is 21.3. The molecule has 5 N–H and O–H groups in total. The number of nitrogens with two attached hydrogens (primary N) is 1. The van der Waals surface area contributed by atoms with E-state index in [2.05, 4.69) is 15.3 Å². The van der Waals surface area contributed by atoms with E-state index in [1.54, 1.807) is 24.5 Å². The van der Waals surface area contributed by atoms with Gasteiger partial charge in [-0.05, 0) is 43.0 Å². The third-order valence-corrected chi connectivity index (χ3v) is 5.75. The number of ether oxygens (including phenoxy) is 1. The lowest BCUT2D eigenvalue weighted by atomic mass is 9.95. The molecule has 31 heavy (non-hydrogen) atoms. The molecule has 2 heterocycles. The molecule has 1 fully saturated rings. The number of aliphatic hydroxyl groups is 1. The van der Waals surface area contributed by atoms with Gasteiger partial charge in [-0.1, -0.05) is 25.3 Å². The van der Waals surface area contributed by atoms with Gasteiger partial charge in [0.25, 0.3) is 0 Å². The number of aliphatic hydroxyl groups excluding tert-OH is 1. The third kappa shape index (κ3) is 4.86. The molecule has 0 bridgehead atoms. The first-order chi connectivity index (χ1) is 15.0. The summed E-state index contributed by atoms with van der Waals surface area (Å²) in [5.74, 6) is -0.314. The van der Waals surface area contributed by atoms with Gasteiger partial charge in [0.1, 0.15) is 11.4 Å². The van der Waals surface area contributed by atoms with Gasteiger partial charge in [-0.3, -0.25) is 4.79 Å². The Bertz CT molecular complexity index is 1060. The fourth-order valence-corrected chi connectivity index (χ4v) is 4.08. The zero-order valence-electron chi connectivity index (χ0n) is 17.2. The molecule has 1 amide bonds. The Balaban J connectivity index is 1.43. The molecule has 8 heteroatoms. The van der Waals surface area contributed by atoms with Crippen molar-refractivity contribution in [3.05, 3.63) is 53.6 Å². The molecule has 0 aliphatic heterocycles. The smallest absolute Gasteiger partial charge is 0.237 e. The highest BCUT2D eigenvalue weighted by atomic mass is 19.1. The van der Waals surface area contributed by atoms with Crippen molar-refractivity contribution in [1.82, 2.24) is 15.3 Å². The molecule has 1 aliphatic carbocycles. The molecule has 2 aromatic heterocycles. The first-order valence-corrected chi connectivity index (χ1v) is 10.6. The second kappa shape index (κ2) is 9.45. The molecule has 0 spiro atoms. The number of hydrogen-bond acceptors (Lipinski definition) is 5. The summed E-state index contributed by atoms with van der Waals surface area (Å²) in [5, 5.41) is 13.1. The van der Waals surface area contributed by atoms with Crippen LogP contribution in [0.15, 0.2) is 36.7 Å². The first-order valence-electron chi connectivity index (χ1n) is 10.6. The van der Waals surface area contributed by atoms with Crippen molar-refractivity contribution in [2.45, 2.75) is 57.2 Å². The number of benzene rings is 1. The number of nitrogens with one attached hydrogen (secondary N) is 2. The molecule has 1 aromatic carbocycles. The number of H-pyrrole nitrogens is 1. The Morgan fingerprint density at radius 1 is 1.29 bits per heavy atom. The summed E-state index contributed by atoms with van der Waals surface area (Å²) in [6.45, 7) is -0.190. The summed E-state index contributed by atoms with van der Waals surface area (Å²) in [6.07, 6.45) is 8.86. The van der Waals surface area contributed by atoms with Crippen molar-refractivity contribution >= 4 is 16.9 Å². The van der Waals surface area contributed by atoms with Gasteiger partial charge in [-0.25, -0.2) is 9.37 Å². The van der Waals surface area contributed by atoms with Crippen LogP contribution in [0.2, 0.25) is 0 Å². The summed E-state index contributed by atoms with van der Waals surface area (Å²) in [6, 6.07) is 5.64. The zero-order valence-corrected chi connectivity index (χ0v) is 17.2. The number of amides is 1. The van der Waals surface area contributed by atoms with Crippen molar-refractivity contribution in [2.75, 3.05) is 0 Å². The summed E-state index contributed by atoms with van der Waals surface area (Å²) in [7, 11) is 0. The van der Waals surface area contributed by atoms with Crippen molar-refractivity contribution in [1.29, 1.82) is 0 Å². The van der Waals surface area contributed by atoms with Crippen LogP contribution in [0.5, 0.6) is 11.5 Å². The van der Waals surface area contributed by atoms with Gasteiger partial charge >= 0.3 is 0 Å². The fraction of sp³-hybridized carbons (Fsp3) is 0.391. The number of aromatic amines is 1. The largest absolute Gasteiger partial charge is 0.453 e. The van der Waals surface area contributed by atoms with Gasteiger partial charge in [-0.15, -0.1) is 0 Å². The fourth-order valence-electron chi connectivity index (χ4n) is 4.08. The van der Waals surface area contributed by atoms with Gasteiger partial charge in [0.05, 0.1) is 18.0 Å². The van der Waals surface area contributed by atoms with Crippen LogP contribution in [0.25, 0.3) is 11.0 Å². The maximum Gasteiger partial charge on any atom is 0.237 e. The van der Waals surface area contributed by atoms with Crippen LogP contribution < -0.4 is 15.8 Å². The second-order valence-electron chi connectivity index (χ2n) is 8.03. The maximum absolute atomic E-state index is 14.7. The topological polar surface area (TPSA) is 113 Å². The van der Waals surface area contributed by atoms with Gasteiger partial charge in [-0.2, -0.15) is 0 Å². The standard InChI is InChI=1S/C23H27FN4O3/c24-17-10-14(11-18(25)23(30)28-16-4-2-1-3-5-16)6-7-19(17)31-20-8-9-26-22-21(20)15(13-29)12-27-22/h6-10,12,16,18,29H,1-5,11,13,25H2,(H,26,27)(H,28,30)/t18-/m0/s1. The Morgan fingerprint density at radius 3 is 2.84 bits per heavy atom. The number of halogens is 1. The molecule has 1 atom stereocenters. The van der Waals surface area contributed by atoms with E-state index in [-0.39, 0.29) is 30.7 Å². The monoisotopic (exact) mass is 426 g/mol. The highest BCUT2D eigenvalue weighted by Crippen LogP contribution is 2.32. The van der Waals surface area contributed by atoms with Crippen LogP contribution in [0.4, 0.5) is 4.39 Å². The van der Waals surface area contributed by atoms with Crippen molar-refractivity contribution in [2.24, 2.45) is 5.73 Å². The van der Waals surface area contributed by atoms with Gasteiger partial charge in [0, 0.05) is 24.0 Å². The quantitative estimate of drug-likeness (QED) is 0.463. The molecule has 7 nitrogen and oxygen atoms in total. The lowest BCUT2D eigenvalue weighted by Gasteiger charge is -2.24. The van der Waals surface area contributed by atoms with E-state index in [1.807, 2.05) is 0 Å². The summed E-state index contributed by atoms with van der Waals surface area (Å²) in [4.78, 5) is 19.5. The third-order valence-electron chi connectivity index (χ3n) is 5.75. The zero-order chi connectivity index (χ0) is 21.8. The molecule has 1 aliphatic rings. The van der Waals surface area contributed by atoms with Crippen LogP contribution in [0, 0.1) is 5.82 Å². The minimum Gasteiger partial charge on any atom is -0.453 e. The molecule has 0 radical (unpaired) electrons. The molecular formula is C23H27FN4O3. The second-order valence-corrected chi connectivity index (χ2v) is 8.03. The number of carbonyl (C=O) groups excluding carboxylic acids is 1. The molecule has 1 saturated carbocycles. The normalized spacial score (nSPS) is 15.7. The summed E-state index contributed by atoms with van der Waals surface area (Å²) >= 11 is 0. The summed E-state index contributed by atoms with van der Waals surface area (Å²) in [5.41, 5.74) is 7.85. The predicted molar refractivity (Wildman–Crippen MR) is 115 cm³/mol. The van der Waals surface area contributed by atoms with E-state index in [9.17, 15) is 14.3 Å². The SMILES string of the molecule is N[C@@H](Cc1ccc(Oc2ccnc3[nH]cc(CO)c23)c(F)c1)C(=O)NC1CCCCC1. The van der Waals surface area contributed by atoms with Crippen molar-refractivity contribution in [3.63, 3.8) is 0 Å². The molecule has 0 saturated heterocycles. The Hall–Kier alpha value is -2.97. The summed E-state index contributed by atoms with van der Waals surface area (Å²) < 4.78 is 20.5. The highest BCUT2D eigenvalue weighted by molar-refractivity contribution is 5.86. The minimum atomic E-state index is -0.736. The van der Waals surface area contributed by atoms with Crippen LogP contribution in [0.3, 0.4) is 0 Å². The minimum absolute atomic E-state index is 0.0431. The average Bonchev–Trinajstić information content (AvgIpc) is 3.20. The van der Waals surface area contributed by atoms with E-state index in [0.29, 0.717) is 27.9 Å². The highest BCUT2D eigenvalue weighted by Gasteiger charge is 2.21. The van der Waals surface area contributed by atoms with E-state index >= 15 is 0 Å². The lowest BCUT2D eigenvalue weighted by molar-refractivity contribution is -0.123. The van der Waals surface area contributed by atoms with E-state index in [0.717, 1.165) is 25.7 Å². The molecule has 4 rings (SSSR count). The van der Waals surface area contributed by atoms with Gasteiger partial charge in [0.2, 0.25) is 5.91 Å². The van der Waals surface area contributed by atoms with Crippen LogP contribution in [-0.4, -0.2) is 33.1 Å². The van der Waals surface area contributed by atoms with Gasteiger partial charge in [0.15, 0.2) is 11.6 Å². The number of nitrogens with zero attached hydrogens (tertiary/aromatic N) is 1. The number of aromatic nitrogens is 2. The van der Waals surface area contributed by atoms with Gasteiger partial charge < -0.3 is 25.9 Å². The Morgan fingerprint density at radius 2 is 2.10 bits per heavy atom. The van der Waals surface area contributed by atoms with Crippen LogP contribution in [0.1, 0.15) is 43.2 Å². The number of pyridine rings is 1. The van der Waals surface area contributed by atoms with Crippen LogP contribution in [-0.2, 0) is 17.8 Å². The Kier molecular flexibility index (Phi) is 6.48. The number of carbonyl (C=O) groups is 1. The van der Waals surface area contributed by atoms with Crippen molar-refractivity contribution in [3.8, 4) is 11.5 Å². The maximum atomic E-state index is 14.7. The van der Waals surface area contributed by atoms with E-state index in [1.165, 1.54) is 18.6 Å². The average molecular weight is 426 g/mol.